The van der Waals surface area contributed by atoms with Crippen molar-refractivity contribution in [1.29, 1.82) is 0 Å². The van der Waals surface area contributed by atoms with Crippen LogP contribution in [0.25, 0.3) is 16.9 Å². The van der Waals surface area contributed by atoms with E-state index >= 15 is 0 Å². The summed E-state index contributed by atoms with van der Waals surface area (Å²) in [6.07, 6.45) is 1.71. The van der Waals surface area contributed by atoms with Crippen LogP contribution >= 0.6 is 0 Å². The van der Waals surface area contributed by atoms with Gasteiger partial charge in [0.15, 0.2) is 11.2 Å². The first-order chi connectivity index (χ1) is 12.1. The van der Waals surface area contributed by atoms with Crippen LogP contribution in [0.1, 0.15) is 19.4 Å². The van der Waals surface area contributed by atoms with Gasteiger partial charge in [-0.15, -0.1) is 5.10 Å². The molecule has 0 bridgehead atoms. The zero-order valence-electron chi connectivity index (χ0n) is 14.0. The number of carbonyl (C=O) groups is 1. The number of aromatic nitrogens is 5. The third-order valence-electron chi connectivity index (χ3n) is 3.88. The van der Waals surface area contributed by atoms with Crippen molar-refractivity contribution < 1.29 is 14.3 Å². The van der Waals surface area contributed by atoms with Crippen molar-refractivity contribution in [3.8, 4) is 11.4 Å². The van der Waals surface area contributed by atoms with Crippen LogP contribution in [0.4, 0.5) is 0 Å². The van der Waals surface area contributed by atoms with E-state index in [1.54, 1.807) is 38.3 Å². The van der Waals surface area contributed by atoms with Crippen LogP contribution in [0, 0.1) is 0 Å². The van der Waals surface area contributed by atoms with E-state index in [4.69, 9.17) is 9.47 Å². The Morgan fingerprint density at radius 3 is 2.80 bits per heavy atom. The van der Waals surface area contributed by atoms with E-state index in [1.807, 2.05) is 0 Å². The molecule has 9 nitrogen and oxygen atoms in total. The third-order valence-corrected chi connectivity index (χ3v) is 3.88. The van der Waals surface area contributed by atoms with Gasteiger partial charge < -0.3 is 9.47 Å². The topological polar surface area (TPSA) is 101 Å². The maximum atomic E-state index is 12.7. The molecule has 3 rings (SSSR count). The molecular formula is C16H17N5O4. The van der Waals surface area contributed by atoms with Crippen molar-refractivity contribution >= 4 is 17.1 Å². The molecule has 0 amide bonds. The fourth-order valence-electron chi connectivity index (χ4n) is 2.57. The summed E-state index contributed by atoms with van der Waals surface area (Å²) in [6, 6.07) is 6.40. The molecule has 25 heavy (non-hydrogen) atoms. The molecule has 1 aromatic carbocycles. The second-order valence-corrected chi connectivity index (χ2v) is 5.28. The maximum absolute atomic E-state index is 12.7. The van der Waals surface area contributed by atoms with Crippen molar-refractivity contribution in [2.75, 3.05) is 14.2 Å². The van der Waals surface area contributed by atoms with Gasteiger partial charge in [-0.05, 0) is 18.6 Å². The van der Waals surface area contributed by atoms with Crippen LogP contribution in [-0.4, -0.2) is 44.7 Å². The summed E-state index contributed by atoms with van der Waals surface area (Å²) in [6.45, 7) is 1.78. The molecule has 1 atom stereocenters. The summed E-state index contributed by atoms with van der Waals surface area (Å²) in [7, 11) is 2.84. The molecule has 0 aliphatic heterocycles. The van der Waals surface area contributed by atoms with E-state index in [1.165, 1.54) is 22.7 Å². The molecule has 0 spiro atoms. The number of hydrogen-bond donors (Lipinski definition) is 0. The van der Waals surface area contributed by atoms with Crippen LogP contribution in [0.2, 0.25) is 0 Å². The summed E-state index contributed by atoms with van der Waals surface area (Å²) in [5.74, 6) is 0.136. The molecule has 0 unspecified atom stereocenters. The lowest BCUT2D eigenvalue weighted by molar-refractivity contribution is -0.144. The van der Waals surface area contributed by atoms with Gasteiger partial charge in [0.05, 0.1) is 19.9 Å². The zero-order chi connectivity index (χ0) is 18.0. The van der Waals surface area contributed by atoms with E-state index in [0.29, 0.717) is 23.5 Å². The van der Waals surface area contributed by atoms with E-state index < -0.39 is 17.6 Å². The standard InChI is InChI=1S/C16H17N5O4/c1-4-12(16(23)25-3)20-9-17-14-13(15(20)22)18-19-21(14)10-6-5-7-11(8-10)24-2/h5-9,12H,4H2,1-3H3/t12-/m1/s1. The number of rotatable bonds is 5. The van der Waals surface area contributed by atoms with Gasteiger partial charge in [-0.2, -0.15) is 4.68 Å². The fraction of sp³-hybridized carbons (Fsp3) is 0.312. The number of hydrogen-bond acceptors (Lipinski definition) is 7. The average Bonchev–Trinajstić information content (AvgIpc) is 3.08. The largest absolute Gasteiger partial charge is 0.497 e. The highest BCUT2D eigenvalue weighted by Crippen LogP contribution is 2.18. The highest BCUT2D eigenvalue weighted by Gasteiger charge is 2.23. The molecule has 2 heterocycles. The van der Waals surface area contributed by atoms with Gasteiger partial charge in [-0.3, -0.25) is 9.36 Å². The van der Waals surface area contributed by atoms with Crippen molar-refractivity contribution in [2.24, 2.45) is 0 Å². The van der Waals surface area contributed by atoms with Gasteiger partial charge in [0.2, 0.25) is 0 Å². The Labute approximate surface area is 142 Å². The van der Waals surface area contributed by atoms with Gasteiger partial charge in [0.1, 0.15) is 18.1 Å². The first kappa shape index (κ1) is 16.6. The maximum Gasteiger partial charge on any atom is 0.329 e. The summed E-state index contributed by atoms with van der Waals surface area (Å²) in [5, 5.41) is 7.95. The molecule has 130 valence electrons. The van der Waals surface area contributed by atoms with Gasteiger partial charge in [-0.25, -0.2) is 9.78 Å². The molecule has 3 aromatic rings. The van der Waals surface area contributed by atoms with Gasteiger partial charge in [0, 0.05) is 6.07 Å². The second kappa shape index (κ2) is 6.71. The minimum absolute atomic E-state index is 0.0765. The van der Waals surface area contributed by atoms with E-state index in [2.05, 4.69) is 15.3 Å². The van der Waals surface area contributed by atoms with Crippen molar-refractivity contribution in [1.82, 2.24) is 24.5 Å². The first-order valence-corrected chi connectivity index (χ1v) is 7.65. The molecule has 2 aromatic heterocycles. The van der Waals surface area contributed by atoms with Crippen LogP contribution in [0.3, 0.4) is 0 Å². The van der Waals surface area contributed by atoms with Crippen molar-refractivity contribution in [3.05, 3.63) is 40.9 Å². The molecule has 0 saturated carbocycles. The van der Waals surface area contributed by atoms with E-state index in [-0.39, 0.29) is 5.52 Å². The molecule has 9 heteroatoms. The summed E-state index contributed by atoms with van der Waals surface area (Å²) in [5.41, 5.74) is 0.588. The van der Waals surface area contributed by atoms with Gasteiger partial charge >= 0.3 is 5.97 Å². The molecular weight excluding hydrogens is 326 g/mol. The summed E-state index contributed by atoms with van der Waals surface area (Å²) >= 11 is 0. The Hall–Kier alpha value is -3.23. The number of ether oxygens (including phenoxy) is 2. The first-order valence-electron chi connectivity index (χ1n) is 7.65. The van der Waals surface area contributed by atoms with Gasteiger partial charge in [-0.1, -0.05) is 18.2 Å². The quantitative estimate of drug-likeness (QED) is 0.640. The normalized spacial score (nSPS) is 12.1. The zero-order valence-corrected chi connectivity index (χ0v) is 14.0. The third kappa shape index (κ3) is 2.84. The number of carbonyl (C=O) groups excluding carboxylic acids is 1. The fourth-order valence-corrected chi connectivity index (χ4v) is 2.57. The highest BCUT2D eigenvalue weighted by molar-refractivity contribution is 5.75. The van der Waals surface area contributed by atoms with Crippen molar-refractivity contribution in [3.63, 3.8) is 0 Å². The van der Waals surface area contributed by atoms with Crippen LogP contribution in [0.15, 0.2) is 35.4 Å². The predicted octanol–water partition coefficient (Wildman–Crippen LogP) is 1.11. The number of nitrogens with zero attached hydrogens (tertiary/aromatic N) is 5. The van der Waals surface area contributed by atoms with Crippen LogP contribution < -0.4 is 10.3 Å². The number of methoxy groups -OCH3 is 2. The summed E-state index contributed by atoms with van der Waals surface area (Å²) in [4.78, 5) is 28.8. The molecule has 0 radical (unpaired) electrons. The second-order valence-electron chi connectivity index (χ2n) is 5.28. The monoisotopic (exact) mass is 343 g/mol. The lowest BCUT2D eigenvalue weighted by Gasteiger charge is -2.14. The number of fused-ring (bicyclic) bond motifs is 1. The smallest absolute Gasteiger partial charge is 0.329 e. The van der Waals surface area contributed by atoms with E-state index in [0.717, 1.165) is 0 Å². The Balaban J connectivity index is 2.13. The van der Waals surface area contributed by atoms with Crippen molar-refractivity contribution in [2.45, 2.75) is 19.4 Å². The van der Waals surface area contributed by atoms with Gasteiger partial charge in [0.25, 0.3) is 5.56 Å². The minimum Gasteiger partial charge on any atom is -0.497 e. The van der Waals surface area contributed by atoms with E-state index in [9.17, 15) is 9.59 Å². The Kier molecular flexibility index (Phi) is 4.46. The molecule has 0 aliphatic carbocycles. The average molecular weight is 343 g/mol. The predicted molar refractivity (Wildman–Crippen MR) is 88.8 cm³/mol. The number of esters is 1. The lowest BCUT2D eigenvalue weighted by Crippen LogP contribution is -2.30. The Morgan fingerprint density at radius 1 is 1.32 bits per heavy atom. The van der Waals surface area contributed by atoms with Crippen LogP contribution in [0.5, 0.6) is 5.75 Å². The van der Waals surface area contributed by atoms with Crippen LogP contribution in [-0.2, 0) is 9.53 Å². The highest BCUT2D eigenvalue weighted by atomic mass is 16.5. The molecule has 0 fully saturated rings. The Bertz CT molecular complexity index is 978. The number of benzene rings is 1. The molecule has 0 N–H and O–H groups in total. The SMILES string of the molecule is CC[C@H](C(=O)OC)n1cnc2c(nnn2-c2cccc(OC)c2)c1=O. The Morgan fingerprint density at radius 2 is 2.12 bits per heavy atom. The summed E-state index contributed by atoms with van der Waals surface area (Å²) < 4.78 is 12.6. The minimum atomic E-state index is -0.753. The molecule has 0 saturated heterocycles. The molecule has 0 aliphatic rings. The lowest BCUT2D eigenvalue weighted by atomic mass is 10.2.